The third kappa shape index (κ3) is 9.46. The molecule has 0 bridgehead atoms. The predicted octanol–water partition coefficient (Wildman–Crippen LogP) is 14.5. The summed E-state index contributed by atoms with van der Waals surface area (Å²) in [5, 5.41) is 0. The first-order valence-electron chi connectivity index (χ1n) is 22.8. The smallest absolute Gasteiger partial charge is 0.160 e. The standard InChI is InChI=1S/C62H59N3/c1-11-17-20-23-43(7)44(8)58(27-19-13-3)65(10)62(9)40-38-47(39-41-62)56-42-57(54-36-34-50-31-30-48-25-21-26-49-35-37-55(54)60(50)59(48)49)64-61(63-56)51-32-28-46(29-33-51)53(22-14-4)52(16-6)45(15-5)24-18-12-2/h1,3,5,12,17-18,20-24,26,28-40,42,60H,2,14,16,19,25,27,41H2,4,6-10H3/b20-17-,24-18-,43-23+,52-45+,53-22-,58-44-. The summed E-state index contributed by atoms with van der Waals surface area (Å²) in [6.07, 6.45) is 60.9. The van der Waals surface area contributed by atoms with Crippen molar-refractivity contribution in [1.29, 1.82) is 0 Å². The fraction of sp³-hybridized carbons (Fsp3) is 0.226. The molecule has 0 saturated carbocycles. The molecule has 2 aromatic rings. The molecule has 0 fully saturated rings. The molecule has 5 aliphatic carbocycles. The minimum Gasteiger partial charge on any atom is -0.368 e. The number of hydrogen-bond donors (Lipinski definition) is 0. The number of rotatable bonds is 15. The first-order chi connectivity index (χ1) is 31.6. The molecule has 1 aromatic carbocycles. The van der Waals surface area contributed by atoms with Crippen molar-refractivity contribution in [2.75, 3.05) is 7.05 Å². The van der Waals surface area contributed by atoms with Crippen LogP contribution in [0.1, 0.15) is 90.1 Å². The molecular formula is C62H59N3. The molecule has 0 amide bonds. The fourth-order valence-corrected chi connectivity index (χ4v) is 9.40. The van der Waals surface area contributed by atoms with E-state index in [4.69, 9.17) is 29.2 Å². The quantitative estimate of drug-likeness (QED) is 0.132. The van der Waals surface area contributed by atoms with Gasteiger partial charge in [0.15, 0.2) is 5.82 Å². The first kappa shape index (κ1) is 45.6. The van der Waals surface area contributed by atoms with E-state index in [1.807, 2.05) is 18.2 Å². The summed E-state index contributed by atoms with van der Waals surface area (Å²) in [5.74, 6) is 9.22. The van der Waals surface area contributed by atoms with Gasteiger partial charge in [0.05, 0.1) is 16.9 Å². The number of terminal acetylenes is 3. The minimum absolute atomic E-state index is 0.178. The molecule has 65 heavy (non-hydrogen) atoms. The van der Waals surface area contributed by atoms with E-state index in [-0.39, 0.29) is 11.5 Å². The number of nitrogens with zero attached hydrogens (tertiary/aromatic N) is 3. The Kier molecular flexibility index (Phi) is 14.3. The average molecular weight is 846 g/mol. The third-order valence-corrected chi connectivity index (χ3v) is 13.2. The summed E-state index contributed by atoms with van der Waals surface area (Å²) in [5.41, 5.74) is 19.1. The van der Waals surface area contributed by atoms with Crippen molar-refractivity contribution in [1.82, 2.24) is 14.9 Å². The van der Waals surface area contributed by atoms with E-state index in [1.165, 1.54) is 39.1 Å². The predicted molar refractivity (Wildman–Crippen MR) is 277 cm³/mol. The summed E-state index contributed by atoms with van der Waals surface area (Å²) in [4.78, 5) is 13.1. The number of hydrogen-bond acceptors (Lipinski definition) is 3. The Morgan fingerprint density at radius 2 is 1.77 bits per heavy atom. The molecule has 0 aliphatic heterocycles. The minimum atomic E-state index is -0.299. The summed E-state index contributed by atoms with van der Waals surface area (Å²) < 4.78 is 0. The lowest BCUT2D eigenvalue weighted by Crippen LogP contribution is -2.42. The van der Waals surface area contributed by atoms with Crippen LogP contribution in [0.3, 0.4) is 0 Å². The van der Waals surface area contributed by atoms with Gasteiger partial charge in [0.1, 0.15) is 0 Å². The van der Waals surface area contributed by atoms with E-state index in [0.29, 0.717) is 12.2 Å². The number of aromatic nitrogens is 2. The van der Waals surface area contributed by atoms with Crippen LogP contribution in [0, 0.1) is 42.9 Å². The molecule has 5 aliphatic rings. The van der Waals surface area contributed by atoms with Crippen LogP contribution < -0.4 is 0 Å². The Balaban J connectivity index is 1.31. The lowest BCUT2D eigenvalue weighted by Gasteiger charge is -2.42. The molecule has 0 N–H and O–H groups in total. The van der Waals surface area contributed by atoms with Gasteiger partial charge in [0, 0.05) is 41.8 Å². The molecule has 3 heteroatoms. The molecule has 7 rings (SSSR count). The van der Waals surface area contributed by atoms with Crippen LogP contribution in [0.25, 0.3) is 28.1 Å². The summed E-state index contributed by atoms with van der Waals surface area (Å²) >= 11 is 0. The van der Waals surface area contributed by atoms with E-state index >= 15 is 0 Å². The SMILES string of the molecule is C#C\C=C/C=C(C)/C(C)=C(/CCC#C)N(C)C1(C)C=CC(c2cc(C3=C4C=CC5=C6C(=CC=C(C=C3)C46)CC=C5)nc(-c3ccc(C(=C/CC)/C(CC)=C(C#C)/C=C\C=C)cc3)n2)=CC1. The van der Waals surface area contributed by atoms with Crippen molar-refractivity contribution < 1.29 is 0 Å². The molecule has 0 spiro atoms. The van der Waals surface area contributed by atoms with Crippen molar-refractivity contribution in [2.45, 2.75) is 78.7 Å². The van der Waals surface area contributed by atoms with Gasteiger partial charge in [0.2, 0.25) is 0 Å². The summed E-state index contributed by atoms with van der Waals surface area (Å²) in [6.45, 7) is 14.7. The van der Waals surface area contributed by atoms with Gasteiger partial charge in [-0.1, -0.05) is 154 Å². The van der Waals surface area contributed by atoms with Crippen molar-refractivity contribution in [3.63, 3.8) is 0 Å². The molecular weight excluding hydrogens is 787 g/mol. The van der Waals surface area contributed by atoms with Gasteiger partial charge < -0.3 is 4.90 Å². The zero-order chi connectivity index (χ0) is 46.1. The zero-order valence-corrected chi connectivity index (χ0v) is 38.9. The topological polar surface area (TPSA) is 29.0 Å². The van der Waals surface area contributed by atoms with Crippen LogP contribution in [-0.4, -0.2) is 27.5 Å². The normalized spacial score (nSPS) is 20.7. The Morgan fingerprint density at radius 3 is 2.46 bits per heavy atom. The van der Waals surface area contributed by atoms with Crippen molar-refractivity contribution in [3.8, 4) is 48.4 Å². The summed E-state index contributed by atoms with van der Waals surface area (Å²) in [7, 11) is 2.18. The van der Waals surface area contributed by atoms with Gasteiger partial charge in [-0.15, -0.1) is 25.2 Å². The highest BCUT2D eigenvalue weighted by Crippen LogP contribution is 2.49. The van der Waals surface area contributed by atoms with E-state index in [0.717, 1.165) is 88.1 Å². The maximum absolute atomic E-state index is 6.06. The van der Waals surface area contributed by atoms with Crippen molar-refractivity contribution in [3.05, 3.63) is 219 Å². The number of benzene rings is 1. The second-order valence-electron chi connectivity index (χ2n) is 17.1. The molecule has 1 heterocycles. The highest BCUT2D eigenvalue weighted by Gasteiger charge is 2.35. The van der Waals surface area contributed by atoms with Crippen LogP contribution in [-0.2, 0) is 0 Å². The van der Waals surface area contributed by atoms with Gasteiger partial charge in [0.25, 0.3) is 0 Å². The monoisotopic (exact) mass is 845 g/mol. The molecule has 0 saturated heterocycles. The van der Waals surface area contributed by atoms with Crippen LogP contribution in [0.4, 0.5) is 0 Å². The highest BCUT2D eigenvalue weighted by molar-refractivity contribution is 5.87. The largest absolute Gasteiger partial charge is 0.368 e. The van der Waals surface area contributed by atoms with E-state index in [2.05, 4.69) is 180 Å². The van der Waals surface area contributed by atoms with E-state index in [9.17, 15) is 0 Å². The molecule has 2 unspecified atom stereocenters. The molecule has 1 aromatic heterocycles. The number of likely N-dealkylation sites (N-methyl/N-ethyl adjacent to an activating group) is 1. The Bertz CT molecular complexity index is 2900. The van der Waals surface area contributed by atoms with E-state index in [1.54, 1.807) is 12.2 Å². The Morgan fingerprint density at radius 1 is 0.969 bits per heavy atom. The number of allylic oxidation sites excluding steroid dienone is 29. The van der Waals surface area contributed by atoms with Crippen LogP contribution in [0.2, 0.25) is 0 Å². The second kappa shape index (κ2) is 20.4. The maximum Gasteiger partial charge on any atom is 0.160 e. The average Bonchev–Trinajstić information content (AvgIpc) is 3.34. The van der Waals surface area contributed by atoms with E-state index < -0.39 is 0 Å². The molecule has 2 atom stereocenters. The van der Waals surface area contributed by atoms with Crippen molar-refractivity contribution in [2.24, 2.45) is 5.92 Å². The summed E-state index contributed by atoms with van der Waals surface area (Å²) in [6, 6.07) is 10.8. The third-order valence-electron chi connectivity index (χ3n) is 13.2. The Labute approximate surface area is 389 Å². The first-order valence-corrected chi connectivity index (χ1v) is 22.8. The van der Waals surface area contributed by atoms with Crippen LogP contribution in [0.15, 0.2) is 202 Å². The van der Waals surface area contributed by atoms with Gasteiger partial charge in [-0.3, -0.25) is 0 Å². The van der Waals surface area contributed by atoms with Gasteiger partial charge in [-0.05, 0) is 132 Å². The second-order valence-corrected chi connectivity index (χ2v) is 17.1. The van der Waals surface area contributed by atoms with Crippen molar-refractivity contribution >= 4 is 16.7 Å². The maximum atomic E-state index is 6.06. The van der Waals surface area contributed by atoms with Gasteiger partial charge >= 0.3 is 0 Å². The molecule has 0 radical (unpaired) electrons. The highest BCUT2D eigenvalue weighted by atomic mass is 15.2. The van der Waals surface area contributed by atoms with Crippen LogP contribution in [0.5, 0.6) is 0 Å². The lowest BCUT2D eigenvalue weighted by molar-refractivity contribution is 0.230. The van der Waals surface area contributed by atoms with Gasteiger partial charge in [-0.2, -0.15) is 0 Å². The van der Waals surface area contributed by atoms with Crippen LogP contribution >= 0.6 is 0 Å². The van der Waals surface area contributed by atoms with Gasteiger partial charge in [-0.25, -0.2) is 9.97 Å². The molecule has 3 nitrogen and oxygen atoms in total. The Hall–Kier alpha value is -7.38. The zero-order valence-electron chi connectivity index (χ0n) is 38.9. The fourth-order valence-electron chi connectivity index (χ4n) is 9.40. The lowest BCUT2D eigenvalue weighted by atomic mass is 9.67. The molecule has 322 valence electrons.